The lowest BCUT2D eigenvalue weighted by Crippen LogP contribution is -2.48. The number of aliphatic hydroxyl groups is 1. The summed E-state index contributed by atoms with van der Waals surface area (Å²) in [7, 11) is 0. The van der Waals surface area contributed by atoms with E-state index in [1.165, 1.54) is 24.3 Å². The molecule has 1 atom stereocenters. The van der Waals surface area contributed by atoms with E-state index in [-0.39, 0.29) is 11.7 Å². The van der Waals surface area contributed by atoms with Crippen LogP contribution < -0.4 is 4.74 Å². The lowest BCUT2D eigenvalue weighted by atomic mass is 10.1. The molecule has 5 heteroatoms. The number of nitrogens with zero attached hydrogens (tertiary/aromatic N) is 1. The Balaban J connectivity index is 2.05. The maximum Gasteiger partial charge on any atom is 0.266 e. The van der Waals surface area contributed by atoms with E-state index in [0.717, 1.165) is 0 Å². The van der Waals surface area contributed by atoms with Gasteiger partial charge in [-0.05, 0) is 44.5 Å². The Morgan fingerprint density at radius 2 is 2.05 bits per heavy atom. The number of β-amino-alcohol motifs (C(OH)–C–C–N with tert-alkyl or cyclic N) is 1. The van der Waals surface area contributed by atoms with Crippen molar-refractivity contribution in [2.75, 3.05) is 13.1 Å². The van der Waals surface area contributed by atoms with E-state index in [2.05, 4.69) is 0 Å². The molecule has 0 bridgehead atoms. The van der Waals surface area contributed by atoms with Gasteiger partial charge in [0.25, 0.3) is 5.91 Å². The molecular weight excluding hydrogens is 249 g/mol. The topological polar surface area (TPSA) is 49.8 Å². The highest BCUT2D eigenvalue weighted by Crippen LogP contribution is 2.22. The molecule has 0 unspecified atom stereocenters. The van der Waals surface area contributed by atoms with Gasteiger partial charge in [0.05, 0.1) is 6.10 Å². The molecular formula is C14H18FNO3. The average molecular weight is 267 g/mol. The smallest absolute Gasteiger partial charge is 0.266 e. The summed E-state index contributed by atoms with van der Waals surface area (Å²) < 4.78 is 18.4. The first kappa shape index (κ1) is 13.8. The third kappa shape index (κ3) is 3.23. The normalized spacial score (nSPS) is 19.6. The van der Waals surface area contributed by atoms with Crippen molar-refractivity contribution in [3.8, 4) is 5.75 Å². The molecule has 1 aromatic rings. The zero-order valence-corrected chi connectivity index (χ0v) is 11.1. The predicted molar refractivity (Wildman–Crippen MR) is 68.3 cm³/mol. The summed E-state index contributed by atoms with van der Waals surface area (Å²) in [5, 5.41) is 9.46. The van der Waals surface area contributed by atoms with Crippen LogP contribution in [0.3, 0.4) is 0 Å². The van der Waals surface area contributed by atoms with Crippen molar-refractivity contribution >= 4 is 5.91 Å². The van der Waals surface area contributed by atoms with Crippen molar-refractivity contribution in [1.29, 1.82) is 0 Å². The molecule has 4 nitrogen and oxygen atoms in total. The molecule has 1 aliphatic rings. The van der Waals surface area contributed by atoms with Crippen LogP contribution in [-0.2, 0) is 4.79 Å². The number of halogens is 1. The summed E-state index contributed by atoms with van der Waals surface area (Å²) >= 11 is 0. The lowest BCUT2D eigenvalue weighted by Gasteiger charge is -2.29. The number of hydrogen-bond donors (Lipinski definition) is 1. The molecule has 104 valence electrons. The maximum atomic E-state index is 12.8. The summed E-state index contributed by atoms with van der Waals surface area (Å²) in [5.74, 6) is -0.0768. The lowest BCUT2D eigenvalue weighted by molar-refractivity contribution is -0.144. The first-order chi connectivity index (χ1) is 8.88. The molecule has 1 aromatic carbocycles. The highest BCUT2D eigenvalue weighted by molar-refractivity contribution is 5.85. The quantitative estimate of drug-likeness (QED) is 0.904. The molecule has 1 fully saturated rings. The number of carbonyl (C=O) groups is 1. The fourth-order valence-electron chi connectivity index (χ4n) is 2.15. The minimum Gasteiger partial charge on any atom is -0.478 e. The van der Waals surface area contributed by atoms with E-state index >= 15 is 0 Å². The number of carbonyl (C=O) groups excluding carboxylic acids is 1. The zero-order valence-electron chi connectivity index (χ0n) is 11.1. The third-order valence-corrected chi connectivity index (χ3v) is 3.15. The number of hydrogen-bond acceptors (Lipinski definition) is 3. The molecule has 1 aliphatic heterocycles. The largest absolute Gasteiger partial charge is 0.478 e. The number of ether oxygens (including phenoxy) is 1. The molecule has 0 aromatic heterocycles. The van der Waals surface area contributed by atoms with Crippen LogP contribution >= 0.6 is 0 Å². The van der Waals surface area contributed by atoms with E-state index in [4.69, 9.17) is 4.74 Å². The van der Waals surface area contributed by atoms with Gasteiger partial charge < -0.3 is 14.7 Å². The summed E-state index contributed by atoms with van der Waals surface area (Å²) in [5.41, 5.74) is -1.04. The van der Waals surface area contributed by atoms with Crippen LogP contribution in [-0.4, -0.2) is 40.7 Å². The van der Waals surface area contributed by atoms with Crippen LogP contribution in [0.4, 0.5) is 4.39 Å². The number of benzene rings is 1. The standard InChI is InChI=1S/C14H18FNO3/c1-14(2,13(18)16-8-7-11(17)9-16)19-12-5-3-10(15)4-6-12/h3-6,11,17H,7-9H2,1-2H3/t11-/m0/s1. The predicted octanol–water partition coefficient (Wildman–Crippen LogP) is 1.58. The van der Waals surface area contributed by atoms with E-state index in [0.29, 0.717) is 25.3 Å². The fraction of sp³-hybridized carbons (Fsp3) is 0.500. The molecule has 0 radical (unpaired) electrons. The Kier molecular flexibility index (Phi) is 3.75. The first-order valence-corrected chi connectivity index (χ1v) is 6.30. The van der Waals surface area contributed by atoms with Crippen LogP contribution in [0.5, 0.6) is 5.75 Å². The van der Waals surface area contributed by atoms with Gasteiger partial charge in [0.1, 0.15) is 11.6 Å². The third-order valence-electron chi connectivity index (χ3n) is 3.15. The van der Waals surface area contributed by atoms with Crippen molar-refractivity contribution in [2.24, 2.45) is 0 Å². The monoisotopic (exact) mass is 267 g/mol. The molecule has 2 rings (SSSR count). The SMILES string of the molecule is CC(C)(Oc1ccc(F)cc1)C(=O)N1CC[C@H](O)C1. The van der Waals surface area contributed by atoms with Crippen molar-refractivity contribution in [3.63, 3.8) is 0 Å². The van der Waals surface area contributed by atoms with Gasteiger partial charge >= 0.3 is 0 Å². The molecule has 1 amide bonds. The second kappa shape index (κ2) is 5.17. The van der Waals surface area contributed by atoms with Gasteiger partial charge in [-0.15, -0.1) is 0 Å². The average Bonchev–Trinajstić information content (AvgIpc) is 2.77. The first-order valence-electron chi connectivity index (χ1n) is 6.30. The number of rotatable bonds is 3. The number of likely N-dealkylation sites (tertiary alicyclic amines) is 1. The second-order valence-corrected chi connectivity index (χ2v) is 5.26. The van der Waals surface area contributed by atoms with Crippen LogP contribution in [0, 0.1) is 5.82 Å². The van der Waals surface area contributed by atoms with Gasteiger partial charge in [-0.2, -0.15) is 0 Å². The Morgan fingerprint density at radius 1 is 1.42 bits per heavy atom. The van der Waals surface area contributed by atoms with Crippen LogP contribution in [0.2, 0.25) is 0 Å². The molecule has 0 saturated carbocycles. The molecule has 1 N–H and O–H groups in total. The minimum atomic E-state index is -1.04. The summed E-state index contributed by atoms with van der Waals surface area (Å²) in [6.07, 6.45) is 0.142. The molecule has 0 aliphatic carbocycles. The number of amides is 1. The molecule has 19 heavy (non-hydrogen) atoms. The van der Waals surface area contributed by atoms with Crippen molar-refractivity contribution < 1.29 is 19.0 Å². The van der Waals surface area contributed by atoms with Gasteiger partial charge in [-0.3, -0.25) is 4.79 Å². The van der Waals surface area contributed by atoms with E-state index < -0.39 is 11.7 Å². The van der Waals surface area contributed by atoms with Gasteiger partial charge in [0.2, 0.25) is 0 Å². The van der Waals surface area contributed by atoms with Crippen LogP contribution in [0.15, 0.2) is 24.3 Å². The highest BCUT2D eigenvalue weighted by Gasteiger charge is 2.37. The summed E-state index contributed by atoms with van der Waals surface area (Å²) in [4.78, 5) is 13.9. The molecule has 1 saturated heterocycles. The maximum absolute atomic E-state index is 12.8. The summed E-state index contributed by atoms with van der Waals surface area (Å²) in [6.45, 7) is 4.22. The van der Waals surface area contributed by atoms with Gasteiger partial charge in [-0.1, -0.05) is 0 Å². The Bertz CT molecular complexity index is 458. The van der Waals surface area contributed by atoms with Gasteiger partial charge in [-0.25, -0.2) is 4.39 Å². The number of aliphatic hydroxyl groups excluding tert-OH is 1. The van der Waals surface area contributed by atoms with Crippen LogP contribution in [0.1, 0.15) is 20.3 Å². The van der Waals surface area contributed by atoms with E-state index in [1.54, 1.807) is 18.7 Å². The van der Waals surface area contributed by atoms with E-state index in [9.17, 15) is 14.3 Å². The van der Waals surface area contributed by atoms with E-state index in [1.807, 2.05) is 0 Å². The Morgan fingerprint density at radius 3 is 2.58 bits per heavy atom. The second-order valence-electron chi connectivity index (χ2n) is 5.26. The Labute approximate surface area is 111 Å². The minimum absolute atomic E-state index is 0.173. The highest BCUT2D eigenvalue weighted by atomic mass is 19.1. The fourth-order valence-corrected chi connectivity index (χ4v) is 2.15. The summed E-state index contributed by atoms with van der Waals surface area (Å²) in [6, 6.07) is 5.55. The van der Waals surface area contributed by atoms with Crippen molar-refractivity contribution in [1.82, 2.24) is 4.90 Å². The Hall–Kier alpha value is -1.62. The zero-order chi connectivity index (χ0) is 14.0. The van der Waals surface area contributed by atoms with Crippen LogP contribution in [0.25, 0.3) is 0 Å². The molecule has 0 spiro atoms. The van der Waals surface area contributed by atoms with Crippen molar-refractivity contribution in [2.45, 2.75) is 32.0 Å². The van der Waals surface area contributed by atoms with Gasteiger partial charge in [0, 0.05) is 13.1 Å². The molecule has 1 heterocycles. The van der Waals surface area contributed by atoms with Crippen molar-refractivity contribution in [3.05, 3.63) is 30.1 Å². The van der Waals surface area contributed by atoms with Gasteiger partial charge in [0.15, 0.2) is 5.60 Å².